The van der Waals surface area contributed by atoms with Gasteiger partial charge in [0, 0.05) is 75.4 Å². The first-order valence-electron chi connectivity index (χ1n) is 19.2. The van der Waals surface area contributed by atoms with Crippen LogP contribution >= 0.6 is 0 Å². The highest BCUT2D eigenvalue weighted by Gasteiger charge is 2.32. The van der Waals surface area contributed by atoms with E-state index in [1.165, 1.54) is 13.4 Å². The molecule has 17 heteroatoms. The van der Waals surface area contributed by atoms with Gasteiger partial charge in [-0.2, -0.15) is 9.29 Å². The van der Waals surface area contributed by atoms with Crippen LogP contribution in [0.1, 0.15) is 69.0 Å². The standard InChI is InChI=1S/C39H45N9O7S/c1-45-35-25(6-4-11-31(35)48(39(45)52)32-13-14-33(49)43-37(32)51)23-40-18-21-55-29-9-5-10-30(22-29)56(53,54)46-19-16-27(17-20-46)42-38-41-24-26-12-15-34(50)47(36(26)44-38)28-7-2-3-8-28/h4-6,9-12,15,22,24,27-28,32,40H,2-3,7-8,13-14,16-21,23H2,1H3,(H,41,42,44)(H,43,49,51). The maximum atomic E-state index is 13.7. The SMILES string of the molecule is Cn1c(=O)n(C2CCC(=O)NC2=O)c2cccc(CNCCOc3cccc(S(=O)(=O)N4CCC(Nc5ncc6ccc(=O)n(C7CCCC7)c6n5)CC4)c3)c21. The zero-order valence-corrected chi connectivity index (χ0v) is 32.0. The maximum Gasteiger partial charge on any atom is 0.329 e. The van der Waals surface area contributed by atoms with Gasteiger partial charge in [-0.3, -0.25) is 33.4 Å². The number of amides is 2. The van der Waals surface area contributed by atoms with E-state index in [1.54, 1.807) is 60.3 Å². The molecule has 5 heterocycles. The molecule has 1 atom stereocenters. The predicted octanol–water partition coefficient (Wildman–Crippen LogP) is 2.97. The van der Waals surface area contributed by atoms with E-state index in [0.29, 0.717) is 67.4 Å². The van der Waals surface area contributed by atoms with Crippen molar-refractivity contribution in [3.8, 4) is 5.75 Å². The monoisotopic (exact) mass is 783 g/mol. The fourth-order valence-corrected chi connectivity index (χ4v) is 9.78. The summed E-state index contributed by atoms with van der Waals surface area (Å²) in [6, 6.07) is 14.7. The number of rotatable bonds is 12. The molecular formula is C39H45N9O7S. The summed E-state index contributed by atoms with van der Waals surface area (Å²) in [5, 5.41) is 9.86. The topological polar surface area (TPSA) is 192 Å². The number of imide groups is 1. The van der Waals surface area contributed by atoms with Crippen LogP contribution in [0.25, 0.3) is 22.1 Å². The van der Waals surface area contributed by atoms with Gasteiger partial charge in [0.1, 0.15) is 24.0 Å². The smallest absolute Gasteiger partial charge is 0.329 e. The average Bonchev–Trinajstić information content (AvgIpc) is 3.81. The second-order valence-corrected chi connectivity index (χ2v) is 16.7. The molecule has 0 spiro atoms. The molecule has 2 saturated heterocycles. The summed E-state index contributed by atoms with van der Waals surface area (Å²) in [6.45, 7) is 1.77. The van der Waals surface area contributed by atoms with E-state index < -0.39 is 22.0 Å². The van der Waals surface area contributed by atoms with Gasteiger partial charge in [0.2, 0.25) is 27.8 Å². The Hall–Kier alpha value is -5.39. The first-order chi connectivity index (χ1) is 27.1. The Kier molecular flexibility index (Phi) is 10.5. The number of sulfonamides is 1. The summed E-state index contributed by atoms with van der Waals surface area (Å²) in [5.41, 5.74) is 2.41. The number of piperidine rings is 2. The van der Waals surface area contributed by atoms with Gasteiger partial charge in [0.15, 0.2) is 0 Å². The van der Waals surface area contributed by atoms with Crippen LogP contribution in [-0.2, 0) is 33.2 Å². The lowest BCUT2D eigenvalue weighted by molar-refractivity contribution is -0.135. The molecule has 2 aromatic carbocycles. The van der Waals surface area contributed by atoms with Gasteiger partial charge < -0.3 is 15.4 Å². The molecule has 8 rings (SSSR count). The van der Waals surface area contributed by atoms with Crippen LogP contribution in [-0.4, -0.2) is 80.5 Å². The number of nitrogens with one attached hydrogen (secondary N) is 3. The summed E-state index contributed by atoms with van der Waals surface area (Å²) >= 11 is 0. The van der Waals surface area contributed by atoms with E-state index in [4.69, 9.17) is 9.72 Å². The highest BCUT2D eigenvalue weighted by Crippen LogP contribution is 2.31. The van der Waals surface area contributed by atoms with Crippen molar-refractivity contribution in [2.24, 2.45) is 7.05 Å². The molecule has 3 N–H and O–H groups in total. The Morgan fingerprint density at radius 3 is 2.50 bits per heavy atom. The highest BCUT2D eigenvalue weighted by atomic mass is 32.2. The fourth-order valence-electron chi connectivity index (χ4n) is 8.28. The van der Waals surface area contributed by atoms with Gasteiger partial charge in [-0.15, -0.1) is 0 Å². The van der Waals surface area contributed by atoms with Gasteiger partial charge in [-0.25, -0.2) is 18.2 Å². The minimum atomic E-state index is -3.77. The third kappa shape index (κ3) is 7.33. The minimum absolute atomic E-state index is 0.0291. The van der Waals surface area contributed by atoms with Crippen LogP contribution < -0.4 is 31.9 Å². The van der Waals surface area contributed by atoms with Gasteiger partial charge in [0.25, 0.3) is 5.56 Å². The summed E-state index contributed by atoms with van der Waals surface area (Å²) in [7, 11) is -2.11. The molecule has 3 aliphatic rings. The summed E-state index contributed by atoms with van der Waals surface area (Å²) in [5.74, 6) is 0.0432. The van der Waals surface area contributed by atoms with E-state index in [0.717, 1.165) is 36.6 Å². The van der Waals surface area contributed by atoms with Crippen molar-refractivity contribution >= 4 is 49.9 Å². The normalized spacial score (nSPS) is 18.8. The van der Waals surface area contributed by atoms with Gasteiger partial charge in [-0.05, 0) is 61.9 Å². The third-order valence-electron chi connectivity index (χ3n) is 11.2. The number of para-hydroxylation sites is 1. The molecule has 3 fully saturated rings. The van der Waals surface area contributed by atoms with Crippen LogP contribution in [0.3, 0.4) is 0 Å². The van der Waals surface area contributed by atoms with Gasteiger partial charge in [0.05, 0.1) is 15.9 Å². The van der Waals surface area contributed by atoms with Crippen LogP contribution in [0.5, 0.6) is 5.75 Å². The lowest BCUT2D eigenvalue weighted by atomic mass is 10.1. The average molecular weight is 784 g/mol. The Morgan fingerprint density at radius 2 is 1.71 bits per heavy atom. The van der Waals surface area contributed by atoms with E-state index in [9.17, 15) is 27.6 Å². The number of fused-ring (bicyclic) bond motifs is 2. The van der Waals surface area contributed by atoms with E-state index >= 15 is 0 Å². The van der Waals surface area contributed by atoms with Crippen molar-refractivity contribution < 1.29 is 22.7 Å². The zero-order valence-electron chi connectivity index (χ0n) is 31.1. The quantitative estimate of drug-likeness (QED) is 0.125. The third-order valence-corrected chi connectivity index (χ3v) is 13.1. The predicted molar refractivity (Wildman–Crippen MR) is 209 cm³/mol. The fraction of sp³-hybridized carbons (Fsp3) is 0.436. The molecule has 0 radical (unpaired) electrons. The minimum Gasteiger partial charge on any atom is -0.492 e. The Balaban J connectivity index is 0.851. The number of carbonyl (C=O) groups excluding carboxylic acids is 2. The first-order valence-corrected chi connectivity index (χ1v) is 20.6. The number of pyridine rings is 1. The van der Waals surface area contributed by atoms with Crippen LogP contribution in [0.4, 0.5) is 5.95 Å². The molecule has 1 unspecified atom stereocenters. The molecule has 0 bridgehead atoms. The van der Waals surface area contributed by atoms with Gasteiger partial charge >= 0.3 is 5.69 Å². The molecule has 2 amide bonds. The molecule has 294 valence electrons. The molecule has 56 heavy (non-hydrogen) atoms. The van der Waals surface area contributed by atoms with Crippen LogP contribution in [0, 0.1) is 0 Å². The first kappa shape index (κ1) is 37.5. The molecule has 1 aliphatic carbocycles. The summed E-state index contributed by atoms with van der Waals surface area (Å²) < 4.78 is 39.6. The zero-order chi connectivity index (χ0) is 39.0. The number of hydrogen-bond donors (Lipinski definition) is 3. The Bertz CT molecular complexity index is 2530. The number of anilines is 1. The summed E-state index contributed by atoms with van der Waals surface area (Å²) in [6.07, 6.45) is 7.41. The second kappa shape index (κ2) is 15.6. The molecule has 1 saturated carbocycles. The van der Waals surface area contributed by atoms with Crippen LogP contribution in [0.2, 0.25) is 0 Å². The van der Waals surface area contributed by atoms with Crippen molar-refractivity contribution in [2.75, 3.05) is 31.6 Å². The molecule has 16 nitrogen and oxygen atoms in total. The van der Waals surface area contributed by atoms with Crippen LogP contribution in [0.15, 0.2) is 75.3 Å². The number of hydrogen-bond acceptors (Lipinski definition) is 11. The number of ether oxygens (including phenoxy) is 1. The van der Waals surface area contributed by atoms with Gasteiger partial charge in [-0.1, -0.05) is 31.0 Å². The largest absolute Gasteiger partial charge is 0.492 e. The van der Waals surface area contributed by atoms with E-state index in [-0.39, 0.29) is 53.6 Å². The Morgan fingerprint density at radius 1 is 0.929 bits per heavy atom. The van der Waals surface area contributed by atoms with E-state index in [1.807, 2.05) is 12.1 Å². The van der Waals surface area contributed by atoms with Crippen molar-refractivity contribution in [1.29, 1.82) is 0 Å². The molecule has 5 aromatic rings. The van der Waals surface area contributed by atoms with Crippen molar-refractivity contribution in [1.82, 2.24) is 38.6 Å². The molecular weight excluding hydrogens is 739 g/mol. The van der Waals surface area contributed by atoms with Crippen molar-refractivity contribution in [3.05, 3.63) is 87.2 Å². The lowest BCUT2D eigenvalue weighted by Gasteiger charge is -2.31. The number of benzene rings is 2. The number of nitrogens with zero attached hydrogens (tertiary/aromatic N) is 6. The van der Waals surface area contributed by atoms with Crippen molar-refractivity contribution in [3.63, 3.8) is 0 Å². The van der Waals surface area contributed by atoms with Crippen molar-refractivity contribution in [2.45, 2.75) is 80.9 Å². The highest BCUT2D eigenvalue weighted by molar-refractivity contribution is 7.89. The number of carbonyl (C=O) groups is 2. The van der Waals surface area contributed by atoms with E-state index in [2.05, 4.69) is 20.9 Å². The Labute approximate surface area is 322 Å². The maximum absolute atomic E-state index is 13.7. The molecule has 3 aromatic heterocycles. The summed E-state index contributed by atoms with van der Waals surface area (Å²) in [4.78, 5) is 59.7. The lowest BCUT2D eigenvalue weighted by Crippen LogP contribution is -2.44. The number of aromatic nitrogens is 5. The number of imidazole rings is 1. The second-order valence-electron chi connectivity index (χ2n) is 14.7. The number of aryl methyl sites for hydroxylation is 1. The molecule has 2 aliphatic heterocycles.